The zero-order valence-corrected chi connectivity index (χ0v) is 13.3. The molecule has 0 unspecified atom stereocenters. The second kappa shape index (κ2) is 5.61. The molecule has 0 aliphatic rings. The first kappa shape index (κ1) is 14.9. The van der Waals surface area contributed by atoms with Crippen LogP contribution in [-0.2, 0) is 0 Å². The number of nitrogens with zero attached hydrogens (tertiary/aromatic N) is 3. The summed E-state index contributed by atoms with van der Waals surface area (Å²) in [6, 6.07) is 5.72. The summed E-state index contributed by atoms with van der Waals surface area (Å²) >= 11 is 5.82. The van der Waals surface area contributed by atoms with Gasteiger partial charge in [-0.3, -0.25) is 4.98 Å². The fraction of sp³-hybridized carbons (Fsp3) is 0.235. The van der Waals surface area contributed by atoms with Gasteiger partial charge in [-0.25, -0.2) is 14.4 Å². The third-order valence-electron chi connectivity index (χ3n) is 3.79. The normalized spacial score (nSPS) is 11.4. The van der Waals surface area contributed by atoms with E-state index in [0.29, 0.717) is 11.5 Å². The molecule has 1 aromatic carbocycles. The first-order chi connectivity index (χ1) is 10.5. The summed E-state index contributed by atoms with van der Waals surface area (Å²) in [5.41, 5.74) is 3.96. The van der Waals surface area contributed by atoms with E-state index in [2.05, 4.69) is 28.8 Å². The summed E-state index contributed by atoms with van der Waals surface area (Å²) < 4.78 is 14.1. The highest BCUT2D eigenvalue weighted by molar-refractivity contribution is 6.28. The summed E-state index contributed by atoms with van der Waals surface area (Å²) in [5.74, 6) is -0.139. The Morgan fingerprint density at radius 1 is 1.14 bits per heavy atom. The molecule has 0 spiro atoms. The smallest absolute Gasteiger partial charge is 0.223 e. The van der Waals surface area contributed by atoms with Crippen LogP contribution in [0.2, 0.25) is 5.28 Å². The maximum atomic E-state index is 14.1. The fourth-order valence-electron chi connectivity index (χ4n) is 2.72. The Bertz CT molecular complexity index is 862. The largest absolute Gasteiger partial charge is 0.256 e. The lowest BCUT2D eigenvalue weighted by Gasteiger charge is -2.15. The average molecular weight is 316 g/mol. The van der Waals surface area contributed by atoms with Crippen molar-refractivity contribution in [1.29, 1.82) is 0 Å². The number of aromatic nitrogens is 3. The van der Waals surface area contributed by atoms with Gasteiger partial charge in [0.15, 0.2) is 5.82 Å². The van der Waals surface area contributed by atoms with Crippen LogP contribution in [0.5, 0.6) is 0 Å². The maximum Gasteiger partial charge on any atom is 0.223 e. The minimum absolute atomic E-state index is 0.0335. The van der Waals surface area contributed by atoms with Gasteiger partial charge in [0.2, 0.25) is 5.28 Å². The van der Waals surface area contributed by atoms with Crippen LogP contribution in [0.3, 0.4) is 0 Å². The molecule has 0 aliphatic heterocycles. The molecule has 0 aliphatic carbocycles. The molecule has 2 aromatic heterocycles. The van der Waals surface area contributed by atoms with E-state index >= 15 is 0 Å². The van der Waals surface area contributed by atoms with E-state index in [1.807, 2.05) is 25.1 Å². The van der Waals surface area contributed by atoms with Crippen LogP contribution in [-0.4, -0.2) is 15.0 Å². The van der Waals surface area contributed by atoms with E-state index in [1.54, 1.807) is 6.20 Å². The molecule has 0 bridgehead atoms. The molecule has 3 nitrogen and oxygen atoms in total. The van der Waals surface area contributed by atoms with E-state index in [-0.39, 0.29) is 11.0 Å². The summed E-state index contributed by atoms with van der Waals surface area (Å²) in [6.45, 7) is 6.22. The van der Waals surface area contributed by atoms with Crippen molar-refractivity contribution in [2.45, 2.75) is 26.7 Å². The number of pyridine rings is 1. The minimum Gasteiger partial charge on any atom is -0.256 e. The topological polar surface area (TPSA) is 38.7 Å². The molecule has 3 aromatic rings. The third kappa shape index (κ3) is 2.44. The lowest BCUT2D eigenvalue weighted by molar-refractivity contribution is 0.618. The highest BCUT2D eigenvalue weighted by Gasteiger charge is 2.16. The Hall–Kier alpha value is -2.07. The minimum atomic E-state index is -0.484. The first-order valence-electron chi connectivity index (χ1n) is 7.05. The van der Waals surface area contributed by atoms with E-state index in [9.17, 15) is 4.39 Å². The zero-order chi connectivity index (χ0) is 15.9. The fourth-order valence-corrected chi connectivity index (χ4v) is 2.86. The van der Waals surface area contributed by atoms with Gasteiger partial charge in [0.25, 0.3) is 0 Å². The van der Waals surface area contributed by atoms with Gasteiger partial charge in [-0.1, -0.05) is 19.9 Å². The molecule has 3 rings (SSSR count). The number of rotatable bonds is 2. The van der Waals surface area contributed by atoms with E-state index in [0.717, 1.165) is 22.7 Å². The zero-order valence-electron chi connectivity index (χ0n) is 12.6. The first-order valence-corrected chi connectivity index (χ1v) is 7.43. The van der Waals surface area contributed by atoms with E-state index in [4.69, 9.17) is 11.6 Å². The second-order valence-corrected chi connectivity index (χ2v) is 5.86. The molecule has 0 amide bonds. The Morgan fingerprint density at radius 2 is 1.91 bits per heavy atom. The summed E-state index contributed by atoms with van der Waals surface area (Å²) in [4.78, 5) is 12.1. The van der Waals surface area contributed by atoms with Gasteiger partial charge in [-0.05, 0) is 47.7 Å². The van der Waals surface area contributed by atoms with Crippen LogP contribution in [0.4, 0.5) is 4.39 Å². The highest BCUT2D eigenvalue weighted by atomic mass is 35.5. The lowest BCUT2D eigenvalue weighted by Crippen LogP contribution is -1.98. The van der Waals surface area contributed by atoms with Gasteiger partial charge >= 0.3 is 0 Å². The SMILES string of the molecule is Cc1c(-c2nc(Cl)ncc2F)ccc2nccc(C(C)C)c12. The van der Waals surface area contributed by atoms with Gasteiger partial charge in [0.1, 0.15) is 5.69 Å². The Labute approximate surface area is 133 Å². The summed E-state index contributed by atoms with van der Waals surface area (Å²) in [7, 11) is 0. The predicted molar refractivity (Wildman–Crippen MR) is 86.6 cm³/mol. The predicted octanol–water partition coefficient (Wildman–Crippen LogP) is 4.92. The molecular weight excluding hydrogens is 301 g/mol. The standard InChI is InChI=1S/C17H15ClFN3/c1-9(2)11-6-7-20-14-5-4-12(10(3)15(11)14)16-13(19)8-21-17(18)22-16/h4-9H,1-3H3. The number of hydrogen-bond acceptors (Lipinski definition) is 3. The van der Waals surface area contributed by atoms with Crippen LogP contribution >= 0.6 is 11.6 Å². The number of halogens is 2. The van der Waals surface area contributed by atoms with Crippen molar-refractivity contribution < 1.29 is 4.39 Å². The van der Waals surface area contributed by atoms with Crippen molar-refractivity contribution in [2.24, 2.45) is 0 Å². The Morgan fingerprint density at radius 3 is 2.64 bits per heavy atom. The van der Waals surface area contributed by atoms with Crippen LogP contribution in [0, 0.1) is 12.7 Å². The quantitative estimate of drug-likeness (QED) is 0.630. The van der Waals surface area contributed by atoms with Crippen molar-refractivity contribution >= 4 is 22.5 Å². The molecule has 2 heterocycles. The van der Waals surface area contributed by atoms with Crippen molar-refractivity contribution in [3.05, 3.63) is 52.8 Å². The Kier molecular flexibility index (Phi) is 3.79. The molecule has 0 saturated heterocycles. The van der Waals surface area contributed by atoms with Gasteiger partial charge in [-0.15, -0.1) is 0 Å². The van der Waals surface area contributed by atoms with Gasteiger partial charge in [0, 0.05) is 17.1 Å². The number of fused-ring (bicyclic) bond motifs is 1. The van der Waals surface area contributed by atoms with Gasteiger partial charge in [0.05, 0.1) is 11.7 Å². The number of benzene rings is 1. The summed E-state index contributed by atoms with van der Waals surface area (Å²) in [5, 5.41) is 1.08. The van der Waals surface area contributed by atoms with Crippen molar-refractivity contribution in [3.8, 4) is 11.3 Å². The van der Waals surface area contributed by atoms with E-state index < -0.39 is 5.82 Å². The Balaban J connectivity index is 2.35. The second-order valence-electron chi connectivity index (χ2n) is 5.52. The number of aryl methyl sites for hydroxylation is 1. The van der Waals surface area contributed by atoms with Crippen LogP contribution < -0.4 is 0 Å². The molecule has 5 heteroatoms. The van der Waals surface area contributed by atoms with Crippen molar-refractivity contribution in [3.63, 3.8) is 0 Å². The molecule has 0 N–H and O–H groups in total. The van der Waals surface area contributed by atoms with Crippen LogP contribution in [0.25, 0.3) is 22.2 Å². The van der Waals surface area contributed by atoms with Crippen LogP contribution in [0.1, 0.15) is 30.9 Å². The average Bonchev–Trinajstić information content (AvgIpc) is 2.50. The molecule has 0 radical (unpaired) electrons. The van der Waals surface area contributed by atoms with Crippen molar-refractivity contribution in [2.75, 3.05) is 0 Å². The molecule has 0 atom stereocenters. The maximum absolute atomic E-state index is 14.1. The monoisotopic (exact) mass is 315 g/mol. The van der Waals surface area contributed by atoms with E-state index in [1.165, 1.54) is 5.56 Å². The van der Waals surface area contributed by atoms with Crippen molar-refractivity contribution in [1.82, 2.24) is 15.0 Å². The van der Waals surface area contributed by atoms with Gasteiger partial charge < -0.3 is 0 Å². The highest BCUT2D eigenvalue weighted by Crippen LogP contribution is 2.33. The molecule has 0 fully saturated rings. The molecule has 112 valence electrons. The molecular formula is C17H15ClFN3. The lowest BCUT2D eigenvalue weighted by atomic mass is 9.92. The summed E-state index contributed by atoms with van der Waals surface area (Å²) in [6.07, 6.45) is 2.90. The molecule has 0 saturated carbocycles. The van der Waals surface area contributed by atoms with Gasteiger partial charge in [-0.2, -0.15) is 0 Å². The molecule has 22 heavy (non-hydrogen) atoms. The van der Waals surface area contributed by atoms with Crippen LogP contribution in [0.15, 0.2) is 30.6 Å². The third-order valence-corrected chi connectivity index (χ3v) is 3.97. The number of hydrogen-bond donors (Lipinski definition) is 0.